The number of rotatable bonds is 6. The summed E-state index contributed by atoms with van der Waals surface area (Å²) in [4.78, 5) is 23.1. The van der Waals surface area contributed by atoms with Crippen LogP contribution in [0.1, 0.15) is 5.56 Å². The van der Waals surface area contributed by atoms with Gasteiger partial charge in [0.15, 0.2) is 0 Å². The average molecular weight is 474 g/mol. The Morgan fingerprint density at radius 3 is 2.48 bits per heavy atom. The maximum Gasteiger partial charge on any atom is 0.309 e. The molecule has 0 saturated carbocycles. The number of benzene rings is 2. The quantitative estimate of drug-likeness (QED) is 0.617. The van der Waals surface area contributed by atoms with Crippen LogP contribution in [0.3, 0.4) is 0 Å². The summed E-state index contributed by atoms with van der Waals surface area (Å²) in [5.74, 6) is -3.96. The van der Waals surface area contributed by atoms with Gasteiger partial charge in [0.2, 0.25) is 10.0 Å². The lowest BCUT2D eigenvalue weighted by Gasteiger charge is -2.23. The van der Waals surface area contributed by atoms with Crippen LogP contribution in [0.5, 0.6) is 0 Å². The molecule has 2 aromatic carbocycles. The van der Waals surface area contributed by atoms with Gasteiger partial charge in [0, 0.05) is 18.1 Å². The van der Waals surface area contributed by atoms with Crippen LogP contribution in [0, 0.1) is 11.6 Å². The molecule has 31 heavy (non-hydrogen) atoms. The summed E-state index contributed by atoms with van der Waals surface area (Å²) in [6.45, 7) is -0.410. The standard InChI is InChI=1S/C19H18ClF2N3O5S/c20-13-3-1-12(2-4-13)10-23-18(26)19(27)24-11-17-25(7-8-30-17)31(28,29)16-9-14(21)5-6-15(16)22/h1-6,9,17H,7-8,10-11H2,(H,23,26)(H,24,27)/t17-/m1/s1. The first-order valence-electron chi connectivity index (χ1n) is 9.07. The van der Waals surface area contributed by atoms with Crippen molar-refractivity contribution >= 4 is 33.4 Å². The summed E-state index contributed by atoms with van der Waals surface area (Å²) in [6, 6.07) is 8.72. The molecule has 1 atom stereocenters. The normalized spacial score (nSPS) is 16.8. The highest BCUT2D eigenvalue weighted by molar-refractivity contribution is 7.89. The molecule has 0 spiro atoms. The van der Waals surface area contributed by atoms with E-state index in [4.69, 9.17) is 16.3 Å². The second kappa shape index (κ2) is 9.69. The molecule has 0 unspecified atom stereocenters. The van der Waals surface area contributed by atoms with Crippen LogP contribution in [0.4, 0.5) is 8.78 Å². The molecule has 0 aliphatic carbocycles. The summed E-state index contributed by atoms with van der Waals surface area (Å²) in [7, 11) is -4.43. The minimum Gasteiger partial charge on any atom is -0.359 e. The van der Waals surface area contributed by atoms with Gasteiger partial charge >= 0.3 is 11.8 Å². The third-order valence-corrected chi connectivity index (χ3v) is 6.59. The number of hydrogen-bond donors (Lipinski definition) is 2. The van der Waals surface area contributed by atoms with Gasteiger partial charge < -0.3 is 15.4 Å². The Kier molecular flexibility index (Phi) is 7.21. The van der Waals surface area contributed by atoms with Gasteiger partial charge in [-0.25, -0.2) is 17.2 Å². The van der Waals surface area contributed by atoms with E-state index in [1.165, 1.54) is 0 Å². The van der Waals surface area contributed by atoms with Gasteiger partial charge in [0.25, 0.3) is 0 Å². The zero-order chi connectivity index (χ0) is 22.6. The lowest BCUT2D eigenvalue weighted by Crippen LogP contribution is -2.47. The zero-order valence-electron chi connectivity index (χ0n) is 16.0. The average Bonchev–Trinajstić information content (AvgIpc) is 3.22. The Morgan fingerprint density at radius 1 is 1.10 bits per heavy atom. The zero-order valence-corrected chi connectivity index (χ0v) is 17.6. The van der Waals surface area contributed by atoms with E-state index in [-0.39, 0.29) is 26.2 Å². The molecule has 2 N–H and O–H groups in total. The molecule has 0 radical (unpaired) electrons. The van der Waals surface area contributed by atoms with Gasteiger partial charge in [0.1, 0.15) is 22.8 Å². The van der Waals surface area contributed by atoms with Crippen LogP contribution in [0.2, 0.25) is 5.02 Å². The maximum atomic E-state index is 14.0. The molecule has 2 amide bonds. The number of carbonyl (C=O) groups is 2. The van der Waals surface area contributed by atoms with Crippen LogP contribution < -0.4 is 10.6 Å². The van der Waals surface area contributed by atoms with Crippen LogP contribution in [0.25, 0.3) is 0 Å². The Balaban J connectivity index is 1.59. The molecule has 3 rings (SSSR count). The summed E-state index contributed by atoms with van der Waals surface area (Å²) in [5.41, 5.74) is 0.721. The third-order valence-electron chi connectivity index (χ3n) is 4.43. The highest BCUT2D eigenvalue weighted by Gasteiger charge is 2.38. The van der Waals surface area contributed by atoms with Crippen LogP contribution >= 0.6 is 11.6 Å². The lowest BCUT2D eigenvalue weighted by molar-refractivity contribution is -0.139. The molecule has 166 valence electrons. The molecule has 1 saturated heterocycles. The molecule has 0 aromatic heterocycles. The van der Waals surface area contributed by atoms with Crippen LogP contribution in [0.15, 0.2) is 47.4 Å². The number of nitrogens with one attached hydrogen (secondary N) is 2. The van der Waals surface area contributed by atoms with E-state index in [0.717, 1.165) is 15.9 Å². The summed E-state index contributed by atoms with van der Waals surface area (Å²) in [6.07, 6.45) is -1.18. The number of carbonyl (C=O) groups excluding carboxylic acids is 2. The highest BCUT2D eigenvalue weighted by atomic mass is 35.5. The largest absolute Gasteiger partial charge is 0.359 e. The second-order valence-corrected chi connectivity index (χ2v) is 8.83. The molecule has 1 fully saturated rings. The van der Waals surface area contributed by atoms with E-state index in [2.05, 4.69) is 10.6 Å². The second-order valence-electron chi connectivity index (χ2n) is 6.54. The minimum atomic E-state index is -4.43. The van der Waals surface area contributed by atoms with Crippen molar-refractivity contribution < 1.29 is 31.5 Å². The topological polar surface area (TPSA) is 105 Å². The number of halogens is 3. The summed E-state index contributed by atoms with van der Waals surface area (Å²) in [5, 5.41) is 5.22. The molecule has 2 aromatic rings. The Hall–Kier alpha value is -2.60. The first-order chi connectivity index (χ1) is 14.7. The number of amides is 2. The third kappa shape index (κ3) is 5.56. The fourth-order valence-electron chi connectivity index (χ4n) is 2.87. The van der Waals surface area contributed by atoms with Gasteiger partial charge in [-0.15, -0.1) is 0 Å². The molecule has 12 heteroatoms. The van der Waals surface area contributed by atoms with Crippen molar-refractivity contribution in [2.24, 2.45) is 0 Å². The number of sulfonamides is 1. The lowest BCUT2D eigenvalue weighted by atomic mass is 10.2. The summed E-state index contributed by atoms with van der Waals surface area (Å²) >= 11 is 5.78. The van der Waals surface area contributed by atoms with Crippen molar-refractivity contribution in [3.63, 3.8) is 0 Å². The smallest absolute Gasteiger partial charge is 0.309 e. The van der Waals surface area contributed by atoms with Gasteiger partial charge in [-0.05, 0) is 35.9 Å². The first-order valence-corrected chi connectivity index (χ1v) is 10.9. The maximum absolute atomic E-state index is 14.0. The van der Waals surface area contributed by atoms with Crippen molar-refractivity contribution in [1.29, 1.82) is 0 Å². The minimum absolute atomic E-state index is 0.0144. The first kappa shape index (κ1) is 23.1. The summed E-state index contributed by atoms with van der Waals surface area (Å²) < 4.78 is 58.9. The SMILES string of the molecule is O=C(NCc1ccc(Cl)cc1)C(=O)NC[C@H]1OCCN1S(=O)(=O)c1cc(F)ccc1F. The van der Waals surface area contributed by atoms with Crippen LogP contribution in [-0.4, -0.2) is 50.5 Å². The number of ether oxygens (including phenoxy) is 1. The molecule has 1 aliphatic rings. The highest BCUT2D eigenvalue weighted by Crippen LogP contribution is 2.25. The van der Waals surface area contributed by atoms with E-state index >= 15 is 0 Å². The predicted octanol–water partition coefficient (Wildman–Crippen LogP) is 1.40. The fourth-order valence-corrected chi connectivity index (χ4v) is 4.58. The molecule has 1 aliphatic heterocycles. The Bertz CT molecular complexity index is 1080. The van der Waals surface area contributed by atoms with E-state index in [1.807, 2.05) is 0 Å². The van der Waals surface area contributed by atoms with E-state index in [9.17, 15) is 26.8 Å². The van der Waals surface area contributed by atoms with E-state index in [1.54, 1.807) is 24.3 Å². The number of nitrogens with zero attached hydrogens (tertiary/aromatic N) is 1. The van der Waals surface area contributed by atoms with E-state index < -0.39 is 44.6 Å². The molecule has 8 nitrogen and oxygen atoms in total. The molecular formula is C19H18ClF2N3O5S. The molecular weight excluding hydrogens is 456 g/mol. The fraction of sp³-hybridized carbons (Fsp3) is 0.263. The van der Waals surface area contributed by atoms with Gasteiger partial charge in [0.05, 0.1) is 13.2 Å². The van der Waals surface area contributed by atoms with Gasteiger partial charge in [-0.1, -0.05) is 23.7 Å². The van der Waals surface area contributed by atoms with Gasteiger partial charge in [-0.3, -0.25) is 9.59 Å². The van der Waals surface area contributed by atoms with Crippen LogP contribution in [-0.2, 0) is 30.9 Å². The van der Waals surface area contributed by atoms with Crippen molar-refractivity contribution in [3.05, 3.63) is 64.7 Å². The number of hydrogen-bond acceptors (Lipinski definition) is 5. The Morgan fingerprint density at radius 2 is 1.77 bits per heavy atom. The molecule has 1 heterocycles. The Labute approximate surface area is 182 Å². The van der Waals surface area contributed by atoms with E-state index in [0.29, 0.717) is 17.2 Å². The van der Waals surface area contributed by atoms with Crippen molar-refractivity contribution in [2.75, 3.05) is 19.7 Å². The van der Waals surface area contributed by atoms with Crippen molar-refractivity contribution in [3.8, 4) is 0 Å². The molecule has 0 bridgehead atoms. The monoisotopic (exact) mass is 473 g/mol. The van der Waals surface area contributed by atoms with Crippen molar-refractivity contribution in [1.82, 2.24) is 14.9 Å². The van der Waals surface area contributed by atoms with Gasteiger partial charge in [-0.2, -0.15) is 4.31 Å². The predicted molar refractivity (Wildman–Crippen MR) is 106 cm³/mol. The van der Waals surface area contributed by atoms with Crippen molar-refractivity contribution in [2.45, 2.75) is 17.7 Å².